The molecule has 2 aliphatic heterocycles. The Morgan fingerprint density at radius 3 is 2.52 bits per heavy atom. The van der Waals surface area contributed by atoms with Crippen LogP contribution in [0, 0.1) is 12.8 Å². The van der Waals surface area contributed by atoms with Crippen LogP contribution in [-0.2, 0) is 11.3 Å². The van der Waals surface area contributed by atoms with E-state index < -0.39 is 0 Å². The summed E-state index contributed by atoms with van der Waals surface area (Å²) in [4.78, 5) is 17.2. The highest BCUT2D eigenvalue weighted by molar-refractivity contribution is 5.76. The van der Waals surface area contributed by atoms with Crippen molar-refractivity contribution < 1.29 is 9.53 Å². The molecule has 2 saturated heterocycles. The Kier molecular flexibility index (Phi) is 5.90. The van der Waals surface area contributed by atoms with Crippen LogP contribution in [0.2, 0.25) is 0 Å². The molecule has 2 fully saturated rings. The number of carbonyl (C=O) groups excluding carboxylic acids is 1. The van der Waals surface area contributed by atoms with Crippen LogP contribution in [0.4, 0.5) is 0 Å². The third-order valence-corrected chi connectivity index (χ3v) is 6.30. The fraction of sp³-hybridized carbons (Fsp3) is 0.565. The van der Waals surface area contributed by atoms with Gasteiger partial charge in [-0.2, -0.15) is 5.10 Å². The van der Waals surface area contributed by atoms with Crippen LogP contribution in [0.1, 0.15) is 32.4 Å². The number of ether oxygens (including phenoxy) is 1. The zero-order valence-electron chi connectivity index (χ0n) is 17.7. The number of likely N-dealkylation sites (tertiary alicyclic amines) is 2. The maximum atomic E-state index is 12.6. The van der Waals surface area contributed by atoms with E-state index in [4.69, 9.17) is 4.74 Å². The van der Waals surface area contributed by atoms with Gasteiger partial charge in [-0.05, 0) is 57.7 Å². The molecule has 0 spiro atoms. The second-order valence-corrected chi connectivity index (χ2v) is 8.62. The van der Waals surface area contributed by atoms with Gasteiger partial charge < -0.3 is 9.64 Å². The first-order valence-electron chi connectivity index (χ1n) is 10.8. The number of amides is 1. The molecule has 0 unspecified atom stereocenters. The molecule has 2 aliphatic rings. The van der Waals surface area contributed by atoms with Crippen molar-refractivity contribution in [2.45, 2.75) is 58.3 Å². The number of piperidine rings is 1. The van der Waals surface area contributed by atoms with E-state index in [0.29, 0.717) is 24.5 Å². The Hall–Kier alpha value is -2.34. The van der Waals surface area contributed by atoms with Crippen molar-refractivity contribution in [3.63, 3.8) is 0 Å². The lowest BCUT2D eigenvalue weighted by Gasteiger charge is -2.54. The van der Waals surface area contributed by atoms with Crippen LogP contribution in [0.25, 0.3) is 0 Å². The van der Waals surface area contributed by atoms with Crippen molar-refractivity contribution in [1.29, 1.82) is 0 Å². The fourth-order valence-corrected chi connectivity index (χ4v) is 4.70. The SMILES string of the molecule is Cc1ccn(CC(=O)N2CCC([C@H]3[C@@H](Oc4ccccc4)CN3C(C)C)CC2)n1. The quantitative estimate of drug-likeness (QED) is 0.753. The second kappa shape index (κ2) is 8.57. The van der Waals surface area contributed by atoms with Crippen LogP contribution < -0.4 is 4.74 Å². The number of hydrogen-bond acceptors (Lipinski definition) is 4. The summed E-state index contributed by atoms with van der Waals surface area (Å²) < 4.78 is 8.05. The summed E-state index contributed by atoms with van der Waals surface area (Å²) >= 11 is 0. The molecular weight excluding hydrogens is 364 g/mol. The number of hydrogen-bond donors (Lipinski definition) is 0. The van der Waals surface area contributed by atoms with Crippen LogP contribution in [0.3, 0.4) is 0 Å². The molecule has 0 bridgehead atoms. The number of benzene rings is 1. The smallest absolute Gasteiger partial charge is 0.244 e. The minimum absolute atomic E-state index is 0.165. The molecule has 6 heteroatoms. The molecule has 1 aromatic heterocycles. The third kappa shape index (κ3) is 4.47. The predicted octanol–water partition coefficient (Wildman–Crippen LogP) is 2.97. The summed E-state index contributed by atoms with van der Waals surface area (Å²) in [5.41, 5.74) is 0.944. The van der Waals surface area contributed by atoms with Gasteiger partial charge in [0.15, 0.2) is 0 Å². The topological polar surface area (TPSA) is 50.6 Å². The van der Waals surface area contributed by atoms with Crippen molar-refractivity contribution in [2.75, 3.05) is 19.6 Å². The van der Waals surface area contributed by atoms with Crippen LogP contribution in [-0.4, -0.2) is 63.3 Å². The summed E-state index contributed by atoms with van der Waals surface area (Å²) in [6.45, 7) is 9.43. The maximum Gasteiger partial charge on any atom is 0.244 e. The first kappa shape index (κ1) is 20.0. The van der Waals surface area contributed by atoms with E-state index in [2.05, 4.69) is 23.8 Å². The Labute approximate surface area is 173 Å². The van der Waals surface area contributed by atoms with E-state index >= 15 is 0 Å². The standard InChI is InChI=1S/C23H32N4O2/c1-17(2)27-15-21(29-20-7-5-4-6-8-20)23(27)19-10-12-25(13-11-19)22(28)16-26-14-9-18(3)24-26/h4-9,14,17,19,21,23H,10-13,15-16H2,1-3H3/t21-,23-/m0/s1. The molecule has 4 rings (SSSR count). The molecular formula is C23H32N4O2. The van der Waals surface area contributed by atoms with Gasteiger partial charge in [-0.1, -0.05) is 18.2 Å². The lowest BCUT2D eigenvalue weighted by Crippen LogP contribution is -2.68. The predicted molar refractivity (Wildman–Crippen MR) is 113 cm³/mol. The van der Waals surface area contributed by atoms with E-state index in [0.717, 1.165) is 43.9 Å². The van der Waals surface area contributed by atoms with E-state index in [-0.39, 0.29) is 12.0 Å². The second-order valence-electron chi connectivity index (χ2n) is 8.62. The highest BCUT2D eigenvalue weighted by Crippen LogP contribution is 2.36. The van der Waals surface area contributed by atoms with Crippen LogP contribution in [0.5, 0.6) is 5.75 Å². The fourth-order valence-electron chi connectivity index (χ4n) is 4.70. The number of rotatable bonds is 6. The average Bonchev–Trinajstić information content (AvgIpc) is 3.10. The summed E-state index contributed by atoms with van der Waals surface area (Å²) in [6.07, 6.45) is 4.18. The Morgan fingerprint density at radius 1 is 1.17 bits per heavy atom. The van der Waals surface area contributed by atoms with Crippen molar-refractivity contribution in [2.24, 2.45) is 5.92 Å². The van der Waals surface area contributed by atoms with Gasteiger partial charge in [-0.25, -0.2) is 0 Å². The van der Waals surface area contributed by atoms with E-state index in [1.54, 1.807) is 4.68 Å². The summed E-state index contributed by atoms with van der Waals surface area (Å²) in [6, 6.07) is 13.0. The van der Waals surface area contributed by atoms with Gasteiger partial charge in [0.05, 0.1) is 11.7 Å². The highest BCUT2D eigenvalue weighted by atomic mass is 16.5. The molecule has 2 atom stereocenters. The molecule has 3 heterocycles. The van der Waals surface area contributed by atoms with Gasteiger partial charge in [-0.15, -0.1) is 0 Å². The minimum Gasteiger partial charge on any atom is -0.487 e. The molecule has 2 aromatic rings. The minimum atomic E-state index is 0.165. The van der Waals surface area contributed by atoms with E-state index in [9.17, 15) is 4.79 Å². The van der Waals surface area contributed by atoms with Gasteiger partial charge in [-0.3, -0.25) is 14.4 Å². The normalized spacial score (nSPS) is 23.2. The number of aryl methyl sites for hydroxylation is 1. The first-order valence-corrected chi connectivity index (χ1v) is 10.8. The zero-order chi connectivity index (χ0) is 20.4. The van der Waals surface area contributed by atoms with Crippen LogP contribution >= 0.6 is 0 Å². The summed E-state index contributed by atoms with van der Waals surface area (Å²) in [5.74, 6) is 1.68. The number of para-hydroxylation sites is 1. The molecule has 1 amide bonds. The van der Waals surface area contributed by atoms with Crippen molar-refractivity contribution in [1.82, 2.24) is 19.6 Å². The monoisotopic (exact) mass is 396 g/mol. The van der Waals surface area contributed by atoms with Crippen LogP contribution in [0.15, 0.2) is 42.6 Å². The van der Waals surface area contributed by atoms with Gasteiger partial charge in [0.1, 0.15) is 18.4 Å². The largest absolute Gasteiger partial charge is 0.487 e. The molecule has 156 valence electrons. The molecule has 29 heavy (non-hydrogen) atoms. The van der Waals surface area contributed by atoms with Crippen molar-refractivity contribution in [3.05, 3.63) is 48.3 Å². The van der Waals surface area contributed by atoms with Gasteiger partial charge >= 0.3 is 0 Å². The molecule has 6 nitrogen and oxygen atoms in total. The van der Waals surface area contributed by atoms with Gasteiger partial charge in [0, 0.05) is 31.9 Å². The molecule has 0 N–H and O–H groups in total. The lowest BCUT2D eigenvalue weighted by molar-refractivity contribution is -0.136. The summed E-state index contributed by atoms with van der Waals surface area (Å²) in [5, 5.41) is 4.34. The number of nitrogens with zero attached hydrogens (tertiary/aromatic N) is 4. The Balaban J connectivity index is 1.34. The van der Waals surface area contributed by atoms with E-state index in [1.807, 2.05) is 54.4 Å². The van der Waals surface area contributed by atoms with E-state index in [1.165, 1.54) is 0 Å². The average molecular weight is 397 g/mol. The molecule has 0 radical (unpaired) electrons. The zero-order valence-corrected chi connectivity index (χ0v) is 17.7. The summed E-state index contributed by atoms with van der Waals surface area (Å²) in [7, 11) is 0. The van der Waals surface area contributed by atoms with Crippen molar-refractivity contribution >= 4 is 5.91 Å². The van der Waals surface area contributed by atoms with Crippen molar-refractivity contribution in [3.8, 4) is 5.75 Å². The molecule has 0 saturated carbocycles. The Bertz CT molecular complexity index is 811. The van der Waals surface area contributed by atoms with Gasteiger partial charge in [0.25, 0.3) is 0 Å². The maximum absolute atomic E-state index is 12.6. The van der Waals surface area contributed by atoms with Gasteiger partial charge in [0.2, 0.25) is 5.91 Å². The molecule has 1 aromatic carbocycles. The number of aromatic nitrogens is 2. The molecule has 0 aliphatic carbocycles. The Morgan fingerprint density at radius 2 is 1.90 bits per heavy atom. The highest BCUT2D eigenvalue weighted by Gasteiger charge is 2.47. The lowest BCUT2D eigenvalue weighted by atomic mass is 9.79. The first-order chi connectivity index (χ1) is 14.0. The third-order valence-electron chi connectivity index (χ3n) is 6.30. The number of carbonyl (C=O) groups is 1.